The number of methoxy groups -OCH3 is 1. The van der Waals surface area contributed by atoms with E-state index in [4.69, 9.17) is 14.0 Å². The minimum Gasteiger partial charge on any atom is -0.494 e. The highest BCUT2D eigenvalue weighted by Crippen LogP contribution is 2.40. The van der Waals surface area contributed by atoms with Gasteiger partial charge in [0, 0.05) is 18.2 Å². The van der Waals surface area contributed by atoms with Gasteiger partial charge in [-0.05, 0) is 36.2 Å². The van der Waals surface area contributed by atoms with Gasteiger partial charge in [-0.1, -0.05) is 92.0 Å². The van der Waals surface area contributed by atoms with E-state index in [2.05, 4.69) is 24.2 Å². The van der Waals surface area contributed by atoms with Crippen LogP contribution in [0, 0.1) is 0 Å². The first-order valence-corrected chi connectivity index (χ1v) is 11.7. The fraction of sp³-hybridized carbons (Fsp3) is 0.276. The molecule has 1 aromatic heterocycles. The third-order valence-corrected chi connectivity index (χ3v) is 5.76. The van der Waals surface area contributed by atoms with E-state index in [0.29, 0.717) is 5.76 Å². The molecule has 4 aromatic rings. The fourth-order valence-electron chi connectivity index (χ4n) is 4.02. The zero-order valence-corrected chi connectivity index (χ0v) is 19.4. The minimum absolute atomic E-state index is 0.308. The van der Waals surface area contributed by atoms with Crippen LogP contribution in [0.4, 0.5) is 0 Å². The summed E-state index contributed by atoms with van der Waals surface area (Å²) in [6, 6.07) is 28.3. The number of benzene rings is 3. The average molecular weight is 442 g/mol. The number of aromatic nitrogens is 1. The molecule has 0 aliphatic heterocycles. The summed E-state index contributed by atoms with van der Waals surface area (Å²) in [5.74, 6) is 1.57. The summed E-state index contributed by atoms with van der Waals surface area (Å²) in [5.41, 5.74) is 4.69. The molecule has 4 nitrogen and oxygen atoms in total. The standard InChI is InChI=1S/C29H31NO3/c1-3-4-5-12-21-32-25-19-17-24(18-20-25)29-26(28(31-2)23-15-10-7-11-16-23)27(30-33-29)22-13-8-6-9-14-22/h6-11,13-20,28H,3-5,12,21H2,1-2H3. The number of ether oxygens (including phenoxy) is 2. The van der Waals surface area contributed by atoms with Crippen molar-refractivity contribution in [3.05, 3.63) is 96.1 Å². The van der Waals surface area contributed by atoms with Crippen LogP contribution in [0.15, 0.2) is 89.5 Å². The molecule has 0 aliphatic rings. The highest BCUT2D eigenvalue weighted by molar-refractivity contribution is 5.74. The van der Waals surface area contributed by atoms with Crippen LogP contribution in [-0.2, 0) is 4.74 Å². The predicted octanol–water partition coefficient (Wildman–Crippen LogP) is 7.70. The van der Waals surface area contributed by atoms with Gasteiger partial charge in [-0.3, -0.25) is 0 Å². The largest absolute Gasteiger partial charge is 0.494 e. The maximum atomic E-state index is 5.99. The van der Waals surface area contributed by atoms with Gasteiger partial charge in [0.2, 0.25) is 0 Å². The normalized spacial score (nSPS) is 11.9. The van der Waals surface area contributed by atoms with Gasteiger partial charge in [0.15, 0.2) is 5.76 Å². The number of hydrogen-bond acceptors (Lipinski definition) is 4. The first-order valence-electron chi connectivity index (χ1n) is 11.7. The Hall–Kier alpha value is -3.37. The third kappa shape index (κ3) is 5.52. The molecule has 0 amide bonds. The Bertz CT molecular complexity index is 1100. The van der Waals surface area contributed by atoms with Gasteiger partial charge in [0.25, 0.3) is 0 Å². The van der Waals surface area contributed by atoms with Crippen LogP contribution < -0.4 is 4.74 Å². The Morgan fingerprint density at radius 2 is 1.48 bits per heavy atom. The van der Waals surface area contributed by atoms with Crippen LogP contribution in [0.25, 0.3) is 22.6 Å². The van der Waals surface area contributed by atoms with Crippen molar-refractivity contribution < 1.29 is 14.0 Å². The van der Waals surface area contributed by atoms with Crippen molar-refractivity contribution in [2.45, 2.75) is 38.7 Å². The summed E-state index contributed by atoms with van der Waals surface area (Å²) >= 11 is 0. The Labute approximate surface area is 196 Å². The van der Waals surface area contributed by atoms with E-state index in [9.17, 15) is 0 Å². The maximum absolute atomic E-state index is 5.99. The van der Waals surface area contributed by atoms with Crippen LogP contribution in [0.3, 0.4) is 0 Å². The van der Waals surface area contributed by atoms with Crippen molar-refractivity contribution in [1.82, 2.24) is 5.16 Å². The van der Waals surface area contributed by atoms with Gasteiger partial charge < -0.3 is 14.0 Å². The molecule has 0 fully saturated rings. The monoisotopic (exact) mass is 441 g/mol. The van der Waals surface area contributed by atoms with Gasteiger partial charge in [-0.15, -0.1) is 0 Å². The summed E-state index contributed by atoms with van der Waals surface area (Å²) in [6.07, 6.45) is 4.45. The molecule has 0 spiro atoms. The Balaban J connectivity index is 1.66. The first-order chi connectivity index (χ1) is 16.3. The Kier molecular flexibility index (Phi) is 7.94. The van der Waals surface area contributed by atoms with Gasteiger partial charge in [0.05, 0.1) is 12.2 Å². The van der Waals surface area contributed by atoms with Crippen molar-refractivity contribution in [3.8, 4) is 28.3 Å². The molecule has 0 N–H and O–H groups in total. The third-order valence-electron chi connectivity index (χ3n) is 5.76. The summed E-state index contributed by atoms with van der Waals surface area (Å²) in [4.78, 5) is 0. The van der Waals surface area contributed by atoms with E-state index < -0.39 is 0 Å². The minimum atomic E-state index is -0.308. The van der Waals surface area contributed by atoms with E-state index >= 15 is 0 Å². The molecular weight excluding hydrogens is 410 g/mol. The van der Waals surface area contributed by atoms with E-state index in [-0.39, 0.29) is 6.10 Å². The molecule has 0 saturated carbocycles. The lowest BCUT2D eigenvalue weighted by molar-refractivity contribution is 0.137. The summed E-state index contributed by atoms with van der Waals surface area (Å²) in [5, 5.41) is 4.47. The zero-order chi connectivity index (χ0) is 22.9. The Morgan fingerprint density at radius 3 is 2.15 bits per heavy atom. The lowest BCUT2D eigenvalue weighted by Gasteiger charge is -2.17. The number of unbranched alkanes of at least 4 members (excludes halogenated alkanes) is 3. The lowest BCUT2D eigenvalue weighted by Crippen LogP contribution is -2.05. The molecule has 4 heteroatoms. The van der Waals surface area contributed by atoms with Crippen LogP contribution in [0.1, 0.15) is 49.8 Å². The number of hydrogen-bond donors (Lipinski definition) is 0. The van der Waals surface area contributed by atoms with Crippen molar-refractivity contribution in [2.75, 3.05) is 13.7 Å². The molecule has 1 atom stereocenters. The predicted molar refractivity (Wildman–Crippen MR) is 132 cm³/mol. The molecular formula is C29H31NO3. The van der Waals surface area contributed by atoms with Crippen LogP contribution >= 0.6 is 0 Å². The van der Waals surface area contributed by atoms with Crippen LogP contribution in [-0.4, -0.2) is 18.9 Å². The molecule has 0 radical (unpaired) electrons. The zero-order valence-electron chi connectivity index (χ0n) is 19.4. The van der Waals surface area contributed by atoms with Gasteiger partial charge in [0.1, 0.15) is 17.5 Å². The van der Waals surface area contributed by atoms with Crippen LogP contribution in [0.5, 0.6) is 5.75 Å². The van der Waals surface area contributed by atoms with Crippen molar-refractivity contribution >= 4 is 0 Å². The fourth-order valence-corrected chi connectivity index (χ4v) is 4.02. The molecule has 0 aliphatic carbocycles. The molecule has 0 saturated heterocycles. The average Bonchev–Trinajstić information content (AvgIpc) is 3.31. The smallest absolute Gasteiger partial charge is 0.173 e. The van der Waals surface area contributed by atoms with Crippen LogP contribution in [0.2, 0.25) is 0 Å². The number of nitrogens with zero attached hydrogens (tertiary/aromatic N) is 1. The van der Waals surface area contributed by atoms with Gasteiger partial charge in [-0.2, -0.15) is 0 Å². The van der Waals surface area contributed by atoms with E-state index in [1.54, 1.807) is 7.11 Å². The molecule has 1 unspecified atom stereocenters. The summed E-state index contributed by atoms with van der Waals surface area (Å²) in [6.45, 7) is 2.96. The second-order valence-corrected chi connectivity index (χ2v) is 8.10. The topological polar surface area (TPSA) is 44.5 Å². The Morgan fingerprint density at radius 1 is 0.788 bits per heavy atom. The van der Waals surface area contributed by atoms with Crippen molar-refractivity contribution in [3.63, 3.8) is 0 Å². The maximum Gasteiger partial charge on any atom is 0.173 e. The summed E-state index contributed by atoms with van der Waals surface area (Å²) in [7, 11) is 1.72. The van der Waals surface area contributed by atoms with Gasteiger partial charge in [-0.25, -0.2) is 0 Å². The van der Waals surface area contributed by atoms with Crippen molar-refractivity contribution in [1.29, 1.82) is 0 Å². The molecule has 4 rings (SSSR count). The van der Waals surface area contributed by atoms with Gasteiger partial charge >= 0.3 is 0 Å². The van der Waals surface area contributed by atoms with Crippen molar-refractivity contribution in [2.24, 2.45) is 0 Å². The summed E-state index contributed by atoms with van der Waals surface area (Å²) < 4.78 is 17.8. The molecule has 33 heavy (non-hydrogen) atoms. The second-order valence-electron chi connectivity index (χ2n) is 8.10. The van der Waals surface area contributed by atoms with E-state index in [1.807, 2.05) is 72.8 Å². The van der Waals surface area contributed by atoms with E-state index in [0.717, 1.165) is 46.7 Å². The molecule has 170 valence electrons. The molecule has 3 aromatic carbocycles. The molecule has 1 heterocycles. The number of rotatable bonds is 11. The molecule has 0 bridgehead atoms. The van der Waals surface area contributed by atoms with E-state index in [1.165, 1.54) is 19.3 Å². The SMILES string of the molecule is CCCCCCOc1ccc(-c2onc(-c3ccccc3)c2C(OC)c2ccccc2)cc1. The highest BCUT2D eigenvalue weighted by Gasteiger charge is 2.27. The first kappa shape index (κ1) is 22.8. The quantitative estimate of drug-likeness (QED) is 0.224. The lowest BCUT2D eigenvalue weighted by atomic mass is 9.94. The highest BCUT2D eigenvalue weighted by atomic mass is 16.5. The second kappa shape index (κ2) is 11.5.